The molecule has 1 aromatic rings. The second-order valence-electron chi connectivity index (χ2n) is 6.41. The van der Waals surface area contributed by atoms with Crippen LogP contribution in [0.25, 0.3) is 0 Å². The van der Waals surface area contributed by atoms with Crippen molar-refractivity contribution >= 4 is 11.6 Å². The van der Waals surface area contributed by atoms with Gasteiger partial charge in [0.25, 0.3) is 0 Å². The van der Waals surface area contributed by atoms with E-state index in [0.29, 0.717) is 5.02 Å². The van der Waals surface area contributed by atoms with Gasteiger partial charge in [0.15, 0.2) is 0 Å². The Morgan fingerprint density at radius 3 is 2.59 bits per heavy atom. The van der Waals surface area contributed by atoms with Gasteiger partial charge in [-0.3, -0.25) is 0 Å². The van der Waals surface area contributed by atoms with Gasteiger partial charge in [0, 0.05) is 31.2 Å². The SMILES string of the molecule is CC(C)C(C#N)(CCCN1CCNCC1)c1ccccc1Cl. The van der Waals surface area contributed by atoms with Crippen molar-refractivity contribution in [3.63, 3.8) is 0 Å². The summed E-state index contributed by atoms with van der Waals surface area (Å²) in [7, 11) is 0. The molecule has 2 rings (SSSR count). The van der Waals surface area contributed by atoms with Crippen LogP contribution in [-0.2, 0) is 5.41 Å². The summed E-state index contributed by atoms with van der Waals surface area (Å²) in [6.07, 6.45) is 1.88. The van der Waals surface area contributed by atoms with Gasteiger partial charge in [-0.1, -0.05) is 43.6 Å². The van der Waals surface area contributed by atoms with Crippen LogP contribution < -0.4 is 5.32 Å². The van der Waals surface area contributed by atoms with Crippen molar-refractivity contribution < 1.29 is 0 Å². The first kappa shape index (κ1) is 17.3. The molecule has 0 bridgehead atoms. The second kappa shape index (κ2) is 7.97. The van der Waals surface area contributed by atoms with E-state index in [-0.39, 0.29) is 5.92 Å². The van der Waals surface area contributed by atoms with Gasteiger partial charge in [0.1, 0.15) is 0 Å². The Kier molecular flexibility index (Phi) is 6.26. The van der Waals surface area contributed by atoms with Crippen LogP contribution in [0.2, 0.25) is 5.02 Å². The maximum Gasteiger partial charge on any atom is 0.0859 e. The Balaban J connectivity index is 2.09. The average molecular weight is 320 g/mol. The van der Waals surface area contributed by atoms with E-state index in [9.17, 15) is 5.26 Å². The number of nitrogens with one attached hydrogen (secondary N) is 1. The van der Waals surface area contributed by atoms with E-state index in [1.165, 1.54) is 0 Å². The minimum Gasteiger partial charge on any atom is -0.314 e. The molecule has 0 spiro atoms. The van der Waals surface area contributed by atoms with Crippen molar-refractivity contribution in [2.75, 3.05) is 32.7 Å². The van der Waals surface area contributed by atoms with Crippen LogP contribution >= 0.6 is 11.6 Å². The highest BCUT2D eigenvalue weighted by atomic mass is 35.5. The largest absolute Gasteiger partial charge is 0.314 e. The normalized spacial score (nSPS) is 18.9. The zero-order valence-electron chi connectivity index (χ0n) is 13.6. The molecule has 1 aromatic carbocycles. The Hall–Kier alpha value is -1.08. The van der Waals surface area contributed by atoms with Crippen LogP contribution in [0.5, 0.6) is 0 Å². The number of halogens is 1. The molecule has 0 amide bonds. The maximum absolute atomic E-state index is 9.93. The Morgan fingerprint density at radius 2 is 2.00 bits per heavy atom. The van der Waals surface area contributed by atoms with Crippen LogP contribution in [0, 0.1) is 17.2 Å². The predicted octanol–water partition coefficient (Wildman–Crippen LogP) is 3.44. The van der Waals surface area contributed by atoms with Crippen molar-refractivity contribution in [2.24, 2.45) is 5.92 Å². The summed E-state index contributed by atoms with van der Waals surface area (Å²) in [5.41, 5.74) is 0.487. The first-order chi connectivity index (χ1) is 10.6. The molecule has 0 saturated carbocycles. The molecule has 1 heterocycles. The van der Waals surface area contributed by atoms with Crippen LogP contribution in [0.4, 0.5) is 0 Å². The van der Waals surface area contributed by atoms with Crippen LogP contribution in [0.15, 0.2) is 24.3 Å². The predicted molar refractivity (Wildman–Crippen MR) is 92.1 cm³/mol. The molecule has 4 heteroatoms. The lowest BCUT2D eigenvalue weighted by Gasteiger charge is -2.34. The minimum absolute atomic E-state index is 0.237. The maximum atomic E-state index is 9.93. The highest BCUT2D eigenvalue weighted by Gasteiger charge is 2.37. The van der Waals surface area contributed by atoms with E-state index in [1.54, 1.807) is 0 Å². The fraction of sp³-hybridized carbons (Fsp3) is 0.611. The molecule has 0 aromatic heterocycles. The molecular weight excluding hydrogens is 294 g/mol. The molecule has 1 atom stereocenters. The lowest BCUT2D eigenvalue weighted by atomic mass is 9.70. The zero-order chi connectivity index (χ0) is 16.0. The molecule has 0 radical (unpaired) electrons. The number of hydrogen-bond acceptors (Lipinski definition) is 3. The molecule has 0 aliphatic carbocycles. The summed E-state index contributed by atoms with van der Waals surface area (Å²) in [4.78, 5) is 2.48. The van der Waals surface area contributed by atoms with E-state index in [1.807, 2.05) is 24.3 Å². The van der Waals surface area contributed by atoms with E-state index in [4.69, 9.17) is 11.6 Å². The first-order valence-corrected chi connectivity index (χ1v) is 8.57. The summed E-state index contributed by atoms with van der Waals surface area (Å²) < 4.78 is 0. The molecule has 1 N–H and O–H groups in total. The average Bonchev–Trinajstić information content (AvgIpc) is 2.53. The smallest absolute Gasteiger partial charge is 0.0859 e. The van der Waals surface area contributed by atoms with Gasteiger partial charge in [0.05, 0.1) is 11.5 Å². The van der Waals surface area contributed by atoms with Crippen molar-refractivity contribution in [1.29, 1.82) is 5.26 Å². The second-order valence-corrected chi connectivity index (χ2v) is 6.82. The third-order valence-electron chi connectivity index (χ3n) is 4.79. The van der Waals surface area contributed by atoms with Crippen molar-refractivity contribution in [2.45, 2.75) is 32.1 Å². The number of nitrogens with zero attached hydrogens (tertiary/aromatic N) is 2. The zero-order valence-corrected chi connectivity index (χ0v) is 14.4. The topological polar surface area (TPSA) is 39.1 Å². The quantitative estimate of drug-likeness (QED) is 0.873. The van der Waals surface area contributed by atoms with E-state index in [2.05, 4.69) is 30.1 Å². The summed E-state index contributed by atoms with van der Waals surface area (Å²) in [6.45, 7) is 9.65. The van der Waals surface area contributed by atoms with Crippen molar-refractivity contribution in [3.8, 4) is 6.07 Å². The van der Waals surface area contributed by atoms with Gasteiger partial charge in [-0.15, -0.1) is 0 Å². The van der Waals surface area contributed by atoms with Gasteiger partial charge in [0.2, 0.25) is 0 Å². The third-order valence-corrected chi connectivity index (χ3v) is 5.12. The molecule has 120 valence electrons. The van der Waals surface area contributed by atoms with Crippen molar-refractivity contribution in [3.05, 3.63) is 34.9 Å². The summed E-state index contributed by atoms with van der Waals surface area (Å²) in [6, 6.07) is 10.4. The molecule has 1 aliphatic heterocycles. The summed E-state index contributed by atoms with van der Waals surface area (Å²) in [5, 5.41) is 14.0. The molecule has 1 unspecified atom stereocenters. The van der Waals surface area contributed by atoms with Gasteiger partial charge in [-0.05, 0) is 36.9 Å². The van der Waals surface area contributed by atoms with E-state index >= 15 is 0 Å². The van der Waals surface area contributed by atoms with Gasteiger partial charge < -0.3 is 10.2 Å². The van der Waals surface area contributed by atoms with Gasteiger partial charge in [-0.2, -0.15) is 5.26 Å². The lowest BCUT2D eigenvalue weighted by Crippen LogP contribution is -2.44. The number of benzene rings is 1. The van der Waals surface area contributed by atoms with Gasteiger partial charge in [-0.25, -0.2) is 0 Å². The highest BCUT2D eigenvalue weighted by Crippen LogP contribution is 2.40. The van der Waals surface area contributed by atoms with Crippen LogP contribution in [0.1, 0.15) is 32.3 Å². The standard InChI is InChI=1S/C18H26ClN3/c1-15(2)18(14-20,16-6-3-4-7-17(16)19)8-5-11-22-12-9-21-10-13-22/h3-4,6-7,15,21H,5,8-13H2,1-2H3. The Labute approximate surface area is 139 Å². The van der Waals surface area contributed by atoms with E-state index in [0.717, 1.165) is 51.1 Å². The number of rotatable bonds is 6. The third kappa shape index (κ3) is 3.81. The minimum atomic E-state index is -0.494. The molecule has 1 aliphatic rings. The Bertz CT molecular complexity index is 517. The monoisotopic (exact) mass is 319 g/mol. The number of piperazine rings is 1. The first-order valence-electron chi connectivity index (χ1n) is 8.19. The highest BCUT2D eigenvalue weighted by molar-refractivity contribution is 6.31. The summed E-state index contributed by atoms with van der Waals surface area (Å²) in [5.74, 6) is 0.237. The lowest BCUT2D eigenvalue weighted by molar-refractivity contribution is 0.225. The van der Waals surface area contributed by atoms with Crippen molar-refractivity contribution in [1.82, 2.24) is 10.2 Å². The van der Waals surface area contributed by atoms with Gasteiger partial charge >= 0.3 is 0 Å². The fourth-order valence-corrected chi connectivity index (χ4v) is 3.62. The number of hydrogen-bond donors (Lipinski definition) is 1. The summed E-state index contributed by atoms with van der Waals surface area (Å²) >= 11 is 6.39. The molecular formula is C18H26ClN3. The molecule has 22 heavy (non-hydrogen) atoms. The van der Waals surface area contributed by atoms with Crippen LogP contribution in [0.3, 0.4) is 0 Å². The molecule has 3 nitrogen and oxygen atoms in total. The Morgan fingerprint density at radius 1 is 1.32 bits per heavy atom. The van der Waals surface area contributed by atoms with E-state index < -0.39 is 5.41 Å². The molecule has 1 fully saturated rings. The number of nitriles is 1. The van der Waals surface area contributed by atoms with Crippen LogP contribution in [-0.4, -0.2) is 37.6 Å². The fourth-order valence-electron chi connectivity index (χ4n) is 3.32. The molecule has 1 saturated heterocycles.